The van der Waals surface area contributed by atoms with E-state index in [1.807, 2.05) is 12.1 Å². The molecule has 25 heavy (non-hydrogen) atoms. The minimum Gasteiger partial charge on any atom is -0.252 e. The number of pyridine rings is 1. The van der Waals surface area contributed by atoms with E-state index in [0.29, 0.717) is 24.3 Å². The third-order valence-corrected chi connectivity index (χ3v) is 6.42. The molecule has 0 aliphatic carbocycles. The molecule has 1 saturated heterocycles. The summed E-state index contributed by atoms with van der Waals surface area (Å²) in [5.74, 6) is -0.303. The summed E-state index contributed by atoms with van der Waals surface area (Å²) in [6.07, 6.45) is 1.65. The average molecular weight is 363 g/mol. The molecule has 0 unspecified atom stereocenters. The van der Waals surface area contributed by atoms with Gasteiger partial charge in [0.25, 0.3) is 10.2 Å². The number of halogens is 1. The summed E-state index contributed by atoms with van der Waals surface area (Å²) >= 11 is 0. The van der Waals surface area contributed by atoms with Gasteiger partial charge in [0, 0.05) is 44.4 Å². The van der Waals surface area contributed by atoms with Crippen LogP contribution in [0.1, 0.15) is 24.5 Å². The predicted molar refractivity (Wildman–Crippen MR) is 95.8 cm³/mol. The summed E-state index contributed by atoms with van der Waals surface area (Å²) in [6, 6.07) is 12.1. The maximum absolute atomic E-state index is 14.0. The van der Waals surface area contributed by atoms with Crippen LogP contribution in [0.25, 0.3) is 11.3 Å². The molecule has 0 saturated carbocycles. The SMILES string of the molecule is CN(C)S(=O)(=O)N1CCC[C@@H](c2cccc(-c3ccccc3F)n2)C1. The van der Waals surface area contributed by atoms with Crippen LogP contribution in [0.4, 0.5) is 4.39 Å². The lowest BCUT2D eigenvalue weighted by molar-refractivity contribution is 0.296. The van der Waals surface area contributed by atoms with Crippen molar-refractivity contribution in [2.24, 2.45) is 0 Å². The van der Waals surface area contributed by atoms with E-state index < -0.39 is 10.2 Å². The van der Waals surface area contributed by atoms with Gasteiger partial charge in [0.05, 0.1) is 5.69 Å². The topological polar surface area (TPSA) is 53.5 Å². The van der Waals surface area contributed by atoms with Gasteiger partial charge in [-0.3, -0.25) is 4.98 Å². The fourth-order valence-corrected chi connectivity index (χ4v) is 4.31. The molecule has 1 aromatic heterocycles. The van der Waals surface area contributed by atoms with Crippen LogP contribution in [-0.2, 0) is 10.2 Å². The predicted octanol–water partition coefficient (Wildman–Crippen LogP) is 2.87. The Balaban J connectivity index is 1.87. The Labute approximate surface area is 148 Å². The lowest BCUT2D eigenvalue weighted by atomic mass is 9.95. The van der Waals surface area contributed by atoms with Crippen molar-refractivity contribution in [2.75, 3.05) is 27.2 Å². The molecular weight excluding hydrogens is 341 g/mol. The Morgan fingerprint density at radius 1 is 1.16 bits per heavy atom. The molecule has 3 rings (SSSR count). The van der Waals surface area contributed by atoms with E-state index in [0.717, 1.165) is 18.5 Å². The van der Waals surface area contributed by atoms with E-state index in [1.165, 1.54) is 28.8 Å². The van der Waals surface area contributed by atoms with Gasteiger partial charge in [-0.25, -0.2) is 4.39 Å². The van der Waals surface area contributed by atoms with Crippen molar-refractivity contribution < 1.29 is 12.8 Å². The fraction of sp³-hybridized carbons (Fsp3) is 0.389. The van der Waals surface area contributed by atoms with Crippen molar-refractivity contribution in [1.82, 2.24) is 13.6 Å². The van der Waals surface area contributed by atoms with E-state index in [2.05, 4.69) is 4.98 Å². The zero-order valence-corrected chi connectivity index (χ0v) is 15.2. The molecule has 1 fully saturated rings. The smallest absolute Gasteiger partial charge is 0.252 e. The molecule has 1 atom stereocenters. The number of benzene rings is 1. The highest BCUT2D eigenvalue weighted by atomic mass is 32.2. The Bertz CT molecular complexity index is 855. The van der Waals surface area contributed by atoms with Gasteiger partial charge in [0.1, 0.15) is 5.82 Å². The van der Waals surface area contributed by atoms with Crippen molar-refractivity contribution in [3.63, 3.8) is 0 Å². The summed E-state index contributed by atoms with van der Waals surface area (Å²) in [6.45, 7) is 0.915. The highest BCUT2D eigenvalue weighted by Gasteiger charge is 2.31. The Hall–Kier alpha value is -1.83. The van der Waals surface area contributed by atoms with E-state index in [1.54, 1.807) is 24.3 Å². The van der Waals surface area contributed by atoms with Crippen molar-refractivity contribution in [3.05, 3.63) is 54.0 Å². The van der Waals surface area contributed by atoms with Crippen molar-refractivity contribution in [1.29, 1.82) is 0 Å². The van der Waals surface area contributed by atoms with Gasteiger partial charge in [-0.1, -0.05) is 18.2 Å². The lowest BCUT2D eigenvalue weighted by Gasteiger charge is -2.33. The van der Waals surface area contributed by atoms with Crippen LogP contribution in [0.3, 0.4) is 0 Å². The summed E-state index contributed by atoms with van der Waals surface area (Å²) in [4.78, 5) is 4.61. The molecule has 0 amide bonds. The Kier molecular flexibility index (Phi) is 5.17. The van der Waals surface area contributed by atoms with E-state index in [-0.39, 0.29) is 11.7 Å². The molecule has 2 heterocycles. The zero-order valence-electron chi connectivity index (χ0n) is 14.4. The maximum atomic E-state index is 14.0. The average Bonchev–Trinajstić information content (AvgIpc) is 2.62. The molecule has 1 aliphatic rings. The first-order valence-electron chi connectivity index (χ1n) is 8.29. The Morgan fingerprint density at radius 2 is 1.92 bits per heavy atom. The van der Waals surface area contributed by atoms with Crippen LogP contribution >= 0.6 is 0 Å². The first-order chi connectivity index (χ1) is 11.9. The number of piperidine rings is 1. The summed E-state index contributed by atoms with van der Waals surface area (Å²) in [5, 5.41) is 0. The number of hydrogen-bond acceptors (Lipinski definition) is 3. The largest absolute Gasteiger partial charge is 0.281 e. The first kappa shape index (κ1) is 18.0. The third kappa shape index (κ3) is 3.73. The van der Waals surface area contributed by atoms with Crippen LogP contribution in [0.2, 0.25) is 0 Å². The van der Waals surface area contributed by atoms with Gasteiger partial charge in [-0.2, -0.15) is 17.0 Å². The summed E-state index contributed by atoms with van der Waals surface area (Å²) in [5.41, 5.74) is 1.83. The minimum atomic E-state index is -3.43. The normalized spacial score (nSPS) is 19.3. The molecule has 134 valence electrons. The first-order valence-corrected chi connectivity index (χ1v) is 9.69. The van der Waals surface area contributed by atoms with E-state index in [4.69, 9.17) is 0 Å². The molecule has 7 heteroatoms. The molecule has 0 bridgehead atoms. The Morgan fingerprint density at radius 3 is 2.64 bits per heavy atom. The minimum absolute atomic E-state index is 0.00944. The fourth-order valence-electron chi connectivity index (χ4n) is 3.12. The maximum Gasteiger partial charge on any atom is 0.281 e. The zero-order chi connectivity index (χ0) is 18.0. The molecule has 1 aromatic carbocycles. The van der Waals surface area contributed by atoms with E-state index >= 15 is 0 Å². The van der Waals surface area contributed by atoms with Crippen LogP contribution in [0.15, 0.2) is 42.5 Å². The van der Waals surface area contributed by atoms with Gasteiger partial charge in [-0.15, -0.1) is 0 Å². The molecule has 5 nitrogen and oxygen atoms in total. The number of rotatable bonds is 4. The number of hydrogen-bond donors (Lipinski definition) is 0. The van der Waals surface area contributed by atoms with Crippen molar-refractivity contribution in [2.45, 2.75) is 18.8 Å². The van der Waals surface area contributed by atoms with Gasteiger partial charge in [0.2, 0.25) is 0 Å². The monoisotopic (exact) mass is 363 g/mol. The quantitative estimate of drug-likeness (QED) is 0.839. The molecule has 0 spiro atoms. The number of nitrogens with zero attached hydrogens (tertiary/aromatic N) is 3. The molecule has 0 radical (unpaired) electrons. The lowest BCUT2D eigenvalue weighted by Crippen LogP contribution is -2.45. The van der Waals surface area contributed by atoms with Gasteiger partial charge in [-0.05, 0) is 37.1 Å². The molecular formula is C18H22FN3O2S. The number of aromatic nitrogens is 1. The van der Waals surface area contributed by atoms with Crippen molar-refractivity contribution in [3.8, 4) is 11.3 Å². The standard InChI is InChI=1S/C18H22FN3O2S/c1-21(2)25(23,24)22-12-6-7-14(13-22)17-10-5-11-18(20-17)15-8-3-4-9-16(15)19/h3-5,8-11,14H,6-7,12-13H2,1-2H3/t14-/m1/s1. The van der Waals surface area contributed by atoms with Crippen LogP contribution in [0, 0.1) is 5.82 Å². The van der Waals surface area contributed by atoms with Gasteiger partial charge in [0.15, 0.2) is 0 Å². The van der Waals surface area contributed by atoms with Crippen LogP contribution in [0.5, 0.6) is 0 Å². The second-order valence-electron chi connectivity index (χ2n) is 6.41. The summed E-state index contributed by atoms with van der Waals surface area (Å²) < 4.78 is 41.5. The highest BCUT2D eigenvalue weighted by molar-refractivity contribution is 7.86. The summed E-state index contributed by atoms with van der Waals surface area (Å²) in [7, 11) is -0.356. The molecule has 2 aromatic rings. The highest BCUT2D eigenvalue weighted by Crippen LogP contribution is 2.29. The second-order valence-corrected chi connectivity index (χ2v) is 8.56. The third-order valence-electron chi connectivity index (χ3n) is 4.51. The van der Waals surface area contributed by atoms with Crippen LogP contribution in [-0.4, -0.2) is 49.2 Å². The van der Waals surface area contributed by atoms with Crippen molar-refractivity contribution >= 4 is 10.2 Å². The van der Waals surface area contributed by atoms with E-state index in [9.17, 15) is 12.8 Å². The molecule has 1 aliphatic heterocycles. The molecule has 0 N–H and O–H groups in total. The second kappa shape index (κ2) is 7.19. The van der Waals surface area contributed by atoms with Crippen LogP contribution < -0.4 is 0 Å². The van der Waals surface area contributed by atoms with Gasteiger partial charge >= 0.3 is 0 Å². The van der Waals surface area contributed by atoms with Gasteiger partial charge < -0.3 is 0 Å².